The van der Waals surface area contributed by atoms with Gasteiger partial charge in [0.1, 0.15) is 11.4 Å². The van der Waals surface area contributed by atoms with Gasteiger partial charge < -0.3 is 15.3 Å². The number of furan rings is 1. The van der Waals surface area contributed by atoms with E-state index in [0.717, 1.165) is 4.90 Å². The van der Waals surface area contributed by atoms with E-state index in [1.165, 1.54) is 11.8 Å². The molecule has 3 rings (SSSR count). The molecule has 2 heterocycles. The van der Waals surface area contributed by atoms with Gasteiger partial charge in [-0.05, 0) is 24.3 Å². The quantitative estimate of drug-likeness (QED) is 0.682. The Hall–Kier alpha value is -2.34. The normalized spacial score (nSPS) is 10.7. The molecule has 0 fully saturated rings. The lowest BCUT2D eigenvalue weighted by Crippen LogP contribution is -1.86. The van der Waals surface area contributed by atoms with Crippen molar-refractivity contribution < 1.29 is 9.52 Å². The van der Waals surface area contributed by atoms with Crippen LogP contribution in [-0.2, 0) is 0 Å². The highest BCUT2D eigenvalue weighted by atomic mass is 32.2. The van der Waals surface area contributed by atoms with E-state index in [-0.39, 0.29) is 5.75 Å². The minimum atomic E-state index is 0.207. The number of nitrogens with zero attached hydrogens (tertiary/aromatic N) is 1. The molecule has 0 saturated heterocycles. The number of anilines is 1. The molecule has 1 aromatic carbocycles. The summed E-state index contributed by atoms with van der Waals surface area (Å²) in [4.78, 5) is 1.44. The number of nitrogens with one attached hydrogen (secondary N) is 1. The van der Waals surface area contributed by atoms with Gasteiger partial charge in [0.25, 0.3) is 0 Å². The van der Waals surface area contributed by atoms with Crippen LogP contribution in [0.15, 0.2) is 56.9 Å². The first kappa shape index (κ1) is 11.7. The van der Waals surface area contributed by atoms with Crippen molar-refractivity contribution >= 4 is 17.6 Å². The number of nitrogen functional groups attached to an aromatic ring is 1. The van der Waals surface area contributed by atoms with Crippen LogP contribution in [0.4, 0.5) is 5.82 Å². The van der Waals surface area contributed by atoms with Gasteiger partial charge >= 0.3 is 0 Å². The average Bonchev–Trinajstić information content (AvgIpc) is 3.03. The number of phenolic OH excluding ortho intramolecular Hbond substituents is 1. The number of hydrogen-bond acceptors (Lipinski definition) is 5. The summed E-state index contributed by atoms with van der Waals surface area (Å²) in [5.74, 6) is 1.24. The first-order valence-corrected chi connectivity index (χ1v) is 6.41. The molecule has 6 heteroatoms. The van der Waals surface area contributed by atoms with Crippen LogP contribution in [0.25, 0.3) is 11.5 Å². The zero-order chi connectivity index (χ0) is 13.2. The summed E-state index contributed by atoms with van der Waals surface area (Å²) in [7, 11) is 0. The number of benzene rings is 1. The lowest BCUT2D eigenvalue weighted by atomic mass is 10.3. The molecule has 5 nitrogen and oxygen atoms in total. The molecule has 0 aliphatic rings. The Labute approximate surface area is 113 Å². The summed E-state index contributed by atoms with van der Waals surface area (Å²) in [6.07, 6.45) is 1.58. The number of aromatic hydroxyl groups is 1. The lowest BCUT2D eigenvalue weighted by Gasteiger charge is -2.04. The number of rotatable bonds is 3. The van der Waals surface area contributed by atoms with Crippen molar-refractivity contribution in [2.45, 2.75) is 9.79 Å². The highest BCUT2D eigenvalue weighted by Crippen LogP contribution is 2.41. The maximum atomic E-state index is 9.81. The van der Waals surface area contributed by atoms with Crippen molar-refractivity contribution in [2.75, 3.05) is 5.73 Å². The highest BCUT2D eigenvalue weighted by molar-refractivity contribution is 7.99. The molecule has 0 spiro atoms. The zero-order valence-corrected chi connectivity index (χ0v) is 10.6. The summed E-state index contributed by atoms with van der Waals surface area (Å²) in [5.41, 5.74) is 6.56. The van der Waals surface area contributed by atoms with Crippen molar-refractivity contribution in [3.8, 4) is 17.2 Å². The first-order valence-electron chi connectivity index (χ1n) is 5.59. The molecule has 3 aromatic rings. The van der Waals surface area contributed by atoms with Crippen LogP contribution in [0.5, 0.6) is 5.75 Å². The van der Waals surface area contributed by atoms with Gasteiger partial charge in [0.2, 0.25) is 0 Å². The van der Waals surface area contributed by atoms with Crippen LogP contribution in [0.1, 0.15) is 0 Å². The molecule has 0 saturated carbocycles. The Morgan fingerprint density at radius 2 is 2.05 bits per heavy atom. The van der Waals surface area contributed by atoms with E-state index in [4.69, 9.17) is 10.2 Å². The number of hydrogen-bond donors (Lipinski definition) is 3. The van der Waals surface area contributed by atoms with Gasteiger partial charge in [0, 0.05) is 0 Å². The Balaban J connectivity index is 2.02. The van der Waals surface area contributed by atoms with Crippen LogP contribution in [-0.4, -0.2) is 15.3 Å². The lowest BCUT2D eigenvalue weighted by molar-refractivity contribution is 0.462. The third-order valence-electron chi connectivity index (χ3n) is 2.59. The molecule has 0 unspecified atom stereocenters. The third-order valence-corrected chi connectivity index (χ3v) is 3.78. The topological polar surface area (TPSA) is 88.1 Å². The van der Waals surface area contributed by atoms with E-state index in [1.54, 1.807) is 24.5 Å². The van der Waals surface area contributed by atoms with Gasteiger partial charge in [-0.25, -0.2) is 0 Å². The SMILES string of the molecule is Nc1n[nH]c(-c2ccco2)c1Sc1ccccc1O. The second kappa shape index (κ2) is 4.74. The van der Waals surface area contributed by atoms with Crippen LogP contribution in [0.2, 0.25) is 0 Å². The molecule has 0 aliphatic carbocycles. The third kappa shape index (κ3) is 2.17. The minimum Gasteiger partial charge on any atom is -0.507 e. The van der Waals surface area contributed by atoms with Gasteiger partial charge in [0.05, 0.1) is 16.1 Å². The predicted octanol–water partition coefficient (Wildman–Crippen LogP) is 3.11. The van der Waals surface area contributed by atoms with Gasteiger partial charge in [-0.2, -0.15) is 5.10 Å². The molecule has 96 valence electrons. The number of H-pyrrole nitrogens is 1. The van der Waals surface area contributed by atoms with E-state index in [1.807, 2.05) is 18.2 Å². The zero-order valence-electron chi connectivity index (χ0n) is 9.83. The van der Waals surface area contributed by atoms with Gasteiger partial charge in [0.15, 0.2) is 11.6 Å². The fourth-order valence-corrected chi connectivity index (χ4v) is 2.63. The Morgan fingerprint density at radius 1 is 1.21 bits per heavy atom. The summed E-state index contributed by atoms with van der Waals surface area (Å²) in [5, 5.41) is 16.6. The maximum absolute atomic E-state index is 9.81. The largest absolute Gasteiger partial charge is 0.507 e. The number of aromatic amines is 1. The van der Waals surface area contributed by atoms with Gasteiger partial charge in [-0.1, -0.05) is 23.9 Å². The first-order chi connectivity index (χ1) is 9.25. The smallest absolute Gasteiger partial charge is 0.160 e. The molecule has 0 aliphatic heterocycles. The Bertz CT molecular complexity index is 692. The second-order valence-electron chi connectivity index (χ2n) is 3.86. The van der Waals surface area contributed by atoms with E-state index in [0.29, 0.717) is 22.2 Å². The van der Waals surface area contributed by atoms with Crippen molar-refractivity contribution in [3.63, 3.8) is 0 Å². The fraction of sp³-hybridized carbons (Fsp3) is 0. The summed E-state index contributed by atoms with van der Waals surface area (Å²) in [6, 6.07) is 10.7. The minimum absolute atomic E-state index is 0.207. The van der Waals surface area contributed by atoms with Crippen molar-refractivity contribution in [1.82, 2.24) is 10.2 Å². The number of nitrogens with two attached hydrogens (primary N) is 1. The predicted molar refractivity (Wildman–Crippen MR) is 72.9 cm³/mol. The average molecular weight is 273 g/mol. The summed E-state index contributed by atoms with van der Waals surface area (Å²) >= 11 is 1.34. The fourth-order valence-electron chi connectivity index (χ4n) is 1.69. The number of para-hydroxylation sites is 1. The summed E-state index contributed by atoms with van der Waals surface area (Å²) in [6.45, 7) is 0. The van der Waals surface area contributed by atoms with Crippen molar-refractivity contribution in [2.24, 2.45) is 0 Å². The van der Waals surface area contributed by atoms with Crippen LogP contribution in [0.3, 0.4) is 0 Å². The molecule has 0 bridgehead atoms. The summed E-state index contributed by atoms with van der Waals surface area (Å²) < 4.78 is 5.34. The van der Waals surface area contributed by atoms with Gasteiger partial charge in [-0.15, -0.1) is 0 Å². The standard InChI is InChI=1S/C13H11N3O2S/c14-13-12(19-10-6-2-1-4-8(10)17)11(15-16-13)9-5-3-7-18-9/h1-7,17H,(H3,14,15,16). The van der Waals surface area contributed by atoms with E-state index in [2.05, 4.69) is 10.2 Å². The molecule has 2 aromatic heterocycles. The maximum Gasteiger partial charge on any atom is 0.160 e. The van der Waals surface area contributed by atoms with E-state index in [9.17, 15) is 5.11 Å². The highest BCUT2D eigenvalue weighted by Gasteiger charge is 2.17. The van der Waals surface area contributed by atoms with Crippen molar-refractivity contribution in [3.05, 3.63) is 42.7 Å². The van der Waals surface area contributed by atoms with Gasteiger partial charge in [-0.3, -0.25) is 5.10 Å². The Kier molecular flexibility index (Phi) is 2.92. The van der Waals surface area contributed by atoms with Crippen LogP contribution in [0, 0.1) is 0 Å². The van der Waals surface area contributed by atoms with Crippen molar-refractivity contribution in [1.29, 1.82) is 0 Å². The molecular weight excluding hydrogens is 262 g/mol. The van der Waals surface area contributed by atoms with E-state index >= 15 is 0 Å². The number of phenols is 1. The van der Waals surface area contributed by atoms with E-state index < -0.39 is 0 Å². The molecular formula is C13H11N3O2S. The molecule has 0 radical (unpaired) electrons. The van der Waals surface area contributed by atoms with Crippen LogP contribution >= 0.6 is 11.8 Å². The second-order valence-corrected chi connectivity index (χ2v) is 4.91. The number of aromatic nitrogens is 2. The Morgan fingerprint density at radius 3 is 2.79 bits per heavy atom. The monoisotopic (exact) mass is 273 g/mol. The van der Waals surface area contributed by atoms with Crippen LogP contribution < -0.4 is 5.73 Å². The molecule has 0 atom stereocenters. The molecule has 0 amide bonds. The molecule has 4 N–H and O–H groups in total. The molecule has 19 heavy (non-hydrogen) atoms.